The van der Waals surface area contributed by atoms with Gasteiger partial charge in [0.25, 0.3) is 0 Å². The van der Waals surface area contributed by atoms with Gasteiger partial charge in [-0.15, -0.1) is 12.4 Å². The van der Waals surface area contributed by atoms with E-state index in [2.05, 4.69) is 4.74 Å². The highest BCUT2D eigenvalue weighted by Crippen LogP contribution is 2.23. The summed E-state index contributed by atoms with van der Waals surface area (Å²) in [5.74, 6) is 0.412. The van der Waals surface area contributed by atoms with Crippen molar-refractivity contribution in [1.29, 1.82) is 0 Å². The third-order valence-corrected chi connectivity index (χ3v) is 3.79. The summed E-state index contributed by atoms with van der Waals surface area (Å²) in [6, 6.07) is 6.44. The van der Waals surface area contributed by atoms with Gasteiger partial charge < -0.3 is 15.4 Å². The summed E-state index contributed by atoms with van der Waals surface area (Å²) in [5.41, 5.74) is 6.32. The van der Waals surface area contributed by atoms with Gasteiger partial charge >= 0.3 is 6.61 Å². The van der Waals surface area contributed by atoms with Gasteiger partial charge in [0.05, 0.1) is 6.42 Å². The Bertz CT molecular complexity index is 502. The highest BCUT2D eigenvalue weighted by atomic mass is 35.5. The molecule has 0 bridgehead atoms. The number of nitrogens with zero attached hydrogens (tertiary/aromatic N) is 1. The van der Waals surface area contributed by atoms with Crippen LogP contribution in [-0.2, 0) is 11.2 Å². The molecule has 2 unspecified atom stereocenters. The monoisotopic (exact) mass is 334 g/mol. The van der Waals surface area contributed by atoms with E-state index in [4.69, 9.17) is 5.73 Å². The van der Waals surface area contributed by atoms with Crippen LogP contribution in [0.4, 0.5) is 8.78 Å². The number of hydrogen-bond donors (Lipinski definition) is 1. The zero-order chi connectivity index (χ0) is 15.4. The van der Waals surface area contributed by atoms with Crippen LogP contribution >= 0.6 is 12.4 Å². The summed E-state index contributed by atoms with van der Waals surface area (Å²) in [6.45, 7) is 0.388. The third kappa shape index (κ3) is 4.81. The van der Waals surface area contributed by atoms with Crippen molar-refractivity contribution in [2.45, 2.75) is 32.4 Å². The van der Waals surface area contributed by atoms with E-state index in [1.165, 1.54) is 12.1 Å². The first kappa shape index (κ1) is 18.6. The topological polar surface area (TPSA) is 55.6 Å². The van der Waals surface area contributed by atoms with Crippen molar-refractivity contribution in [3.63, 3.8) is 0 Å². The number of hydrogen-bond acceptors (Lipinski definition) is 3. The van der Waals surface area contributed by atoms with Gasteiger partial charge in [-0.1, -0.05) is 12.1 Å². The molecule has 0 saturated carbocycles. The Kier molecular flexibility index (Phi) is 7.03. The van der Waals surface area contributed by atoms with Gasteiger partial charge in [-0.3, -0.25) is 4.79 Å². The fourth-order valence-electron chi connectivity index (χ4n) is 2.77. The van der Waals surface area contributed by atoms with E-state index >= 15 is 0 Å². The first-order valence-corrected chi connectivity index (χ1v) is 7.03. The van der Waals surface area contributed by atoms with Crippen LogP contribution in [0.3, 0.4) is 0 Å². The van der Waals surface area contributed by atoms with Crippen LogP contribution in [0.2, 0.25) is 0 Å². The SMILES string of the molecule is CC1CC(CN)CN1C(=O)Cc1cccc(OC(F)F)c1.Cl. The van der Waals surface area contributed by atoms with E-state index in [1.54, 1.807) is 12.1 Å². The maximum atomic E-state index is 12.3. The molecule has 1 aliphatic rings. The smallest absolute Gasteiger partial charge is 0.387 e. The zero-order valence-corrected chi connectivity index (χ0v) is 13.2. The lowest BCUT2D eigenvalue weighted by Gasteiger charge is -2.21. The largest absolute Gasteiger partial charge is 0.435 e. The molecule has 1 saturated heterocycles. The van der Waals surface area contributed by atoms with E-state index in [0.717, 1.165) is 6.42 Å². The predicted octanol–water partition coefficient (Wildman–Crippen LogP) is 2.45. The van der Waals surface area contributed by atoms with Crippen molar-refractivity contribution in [1.82, 2.24) is 4.90 Å². The molecule has 1 aromatic rings. The number of ether oxygens (including phenoxy) is 1. The van der Waals surface area contributed by atoms with Crippen LogP contribution in [-0.4, -0.2) is 36.5 Å². The van der Waals surface area contributed by atoms with Crippen LogP contribution in [0.25, 0.3) is 0 Å². The standard InChI is InChI=1S/C15H20F2N2O2.ClH/c1-10-5-12(8-18)9-19(10)14(20)7-11-3-2-4-13(6-11)21-15(16)17;/h2-4,6,10,12,15H,5,7-9,18H2,1H3;1H. The Hall–Kier alpha value is -1.40. The molecule has 0 spiro atoms. The third-order valence-electron chi connectivity index (χ3n) is 3.79. The van der Waals surface area contributed by atoms with E-state index in [9.17, 15) is 13.6 Å². The van der Waals surface area contributed by atoms with Gasteiger partial charge in [-0.05, 0) is 43.5 Å². The maximum absolute atomic E-state index is 12.3. The first-order valence-electron chi connectivity index (χ1n) is 7.03. The number of amides is 1. The molecule has 0 aliphatic carbocycles. The average molecular weight is 335 g/mol. The normalized spacial score (nSPS) is 20.9. The molecule has 2 atom stereocenters. The van der Waals surface area contributed by atoms with Crippen LogP contribution in [0, 0.1) is 5.92 Å². The number of rotatable bonds is 5. The summed E-state index contributed by atoms with van der Waals surface area (Å²) in [5, 5.41) is 0. The minimum atomic E-state index is -2.86. The zero-order valence-electron chi connectivity index (χ0n) is 12.4. The van der Waals surface area contributed by atoms with Gasteiger partial charge in [0.1, 0.15) is 5.75 Å². The molecule has 1 amide bonds. The highest BCUT2D eigenvalue weighted by molar-refractivity contribution is 5.85. The van der Waals surface area contributed by atoms with Crippen molar-refractivity contribution < 1.29 is 18.3 Å². The van der Waals surface area contributed by atoms with Crippen LogP contribution < -0.4 is 10.5 Å². The van der Waals surface area contributed by atoms with Gasteiger partial charge in [0, 0.05) is 12.6 Å². The summed E-state index contributed by atoms with van der Waals surface area (Å²) in [7, 11) is 0. The molecular formula is C15H21ClF2N2O2. The molecule has 124 valence electrons. The van der Waals surface area contributed by atoms with Crippen molar-refractivity contribution >= 4 is 18.3 Å². The maximum Gasteiger partial charge on any atom is 0.387 e. The molecule has 1 aliphatic heterocycles. The van der Waals surface area contributed by atoms with Crippen molar-refractivity contribution in [3.05, 3.63) is 29.8 Å². The Labute approximate surface area is 135 Å². The number of likely N-dealkylation sites (tertiary alicyclic amines) is 1. The molecule has 1 heterocycles. The molecule has 7 heteroatoms. The fourth-order valence-corrected chi connectivity index (χ4v) is 2.77. The lowest BCUT2D eigenvalue weighted by molar-refractivity contribution is -0.131. The molecule has 4 nitrogen and oxygen atoms in total. The van der Waals surface area contributed by atoms with Crippen LogP contribution in [0.15, 0.2) is 24.3 Å². The highest BCUT2D eigenvalue weighted by Gasteiger charge is 2.31. The molecule has 0 aromatic heterocycles. The number of carbonyl (C=O) groups is 1. The van der Waals surface area contributed by atoms with Gasteiger partial charge in [0.15, 0.2) is 0 Å². The van der Waals surface area contributed by atoms with Gasteiger partial charge in [-0.2, -0.15) is 8.78 Å². The summed E-state index contributed by atoms with van der Waals surface area (Å²) in [6.07, 6.45) is 1.10. The van der Waals surface area contributed by atoms with Crippen LogP contribution in [0.1, 0.15) is 18.9 Å². The van der Waals surface area contributed by atoms with Crippen molar-refractivity contribution in [2.24, 2.45) is 11.7 Å². The number of carbonyl (C=O) groups excluding carboxylic acids is 1. The van der Waals surface area contributed by atoms with Crippen LogP contribution in [0.5, 0.6) is 5.75 Å². The summed E-state index contributed by atoms with van der Waals surface area (Å²) < 4.78 is 28.7. The molecule has 2 N–H and O–H groups in total. The van der Waals surface area contributed by atoms with E-state index < -0.39 is 6.61 Å². The minimum Gasteiger partial charge on any atom is -0.435 e. The molecule has 1 aromatic carbocycles. The van der Waals surface area contributed by atoms with Gasteiger partial charge in [0.2, 0.25) is 5.91 Å². The summed E-state index contributed by atoms with van der Waals surface area (Å²) >= 11 is 0. The second kappa shape index (κ2) is 8.29. The van der Waals surface area contributed by atoms with E-state index in [0.29, 0.717) is 24.6 Å². The number of halogens is 3. The number of nitrogens with two attached hydrogens (primary N) is 1. The lowest BCUT2D eigenvalue weighted by Crippen LogP contribution is -2.35. The Morgan fingerprint density at radius 1 is 1.50 bits per heavy atom. The molecular weight excluding hydrogens is 314 g/mol. The van der Waals surface area contributed by atoms with E-state index in [-0.39, 0.29) is 36.5 Å². The lowest BCUT2D eigenvalue weighted by atomic mass is 10.1. The number of benzene rings is 1. The second-order valence-electron chi connectivity index (χ2n) is 5.44. The Morgan fingerprint density at radius 3 is 2.82 bits per heavy atom. The fraction of sp³-hybridized carbons (Fsp3) is 0.533. The minimum absolute atomic E-state index is 0. The van der Waals surface area contributed by atoms with Crippen molar-refractivity contribution in [3.8, 4) is 5.75 Å². The molecule has 22 heavy (non-hydrogen) atoms. The average Bonchev–Trinajstić information content (AvgIpc) is 2.80. The molecule has 0 radical (unpaired) electrons. The number of alkyl halides is 2. The van der Waals surface area contributed by atoms with E-state index in [1.807, 2.05) is 11.8 Å². The second-order valence-corrected chi connectivity index (χ2v) is 5.44. The van der Waals surface area contributed by atoms with Crippen molar-refractivity contribution in [2.75, 3.05) is 13.1 Å². The first-order chi connectivity index (χ1) is 9.99. The Morgan fingerprint density at radius 2 is 2.23 bits per heavy atom. The summed E-state index contributed by atoms with van der Waals surface area (Å²) in [4.78, 5) is 14.1. The predicted molar refractivity (Wildman–Crippen MR) is 82.4 cm³/mol. The quantitative estimate of drug-likeness (QED) is 0.900. The molecule has 1 fully saturated rings. The Balaban J connectivity index is 0.00000242. The van der Waals surface area contributed by atoms with Gasteiger partial charge in [-0.25, -0.2) is 0 Å². The molecule has 2 rings (SSSR count).